The number of nitrogens with zero attached hydrogens (tertiary/aromatic N) is 1. The summed E-state index contributed by atoms with van der Waals surface area (Å²) in [5, 5.41) is 0.349. The van der Waals surface area contributed by atoms with E-state index >= 15 is 0 Å². The van der Waals surface area contributed by atoms with Crippen LogP contribution in [0.3, 0.4) is 0 Å². The van der Waals surface area contributed by atoms with E-state index in [4.69, 9.17) is 21.1 Å². The van der Waals surface area contributed by atoms with Gasteiger partial charge in [-0.15, -0.1) is 0 Å². The van der Waals surface area contributed by atoms with Crippen molar-refractivity contribution in [1.29, 1.82) is 0 Å². The van der Waals surface area contributed by atoms with Crippen LogP contribution >= 0.6 is 11.6 Å². The summed E-state index contributed by atoms with van der Waals surface area (Å²) in [6.07, 6.45) is 1.77. The lowest BCUT2D eigenvalue weighted by atomic mass is 10.1. The number of carbonyl (C=O) groups excluding carboxylic acids is 1. The van der Waals surface area contributed by atoms with Gasteiger partial charge in [0.05, 0.1) is 13.0 Å². The molecule has 0 aliphatic rings. The first-order valence-corrected chi connectivity index (χ1v) is 7.39. The topological polar surface area (TPSA) is 48.4 Å². The Balaban J connectivity index is 1.74. The highest BCUT2D eigenvalue weighted by Gasteiger charge is 2.07. The first-order valence-electron chi connectivity index (χ1n) is 7.01. The summed E-state index contributed by atoms with van der Waals surface area (Å²) in [5.74, 6) is 0.426. The Morgan fingerprint density at radius 1 is 1.23 bits per heavy atom. The molecular weight excluding hydrogens is 302 g/mol. The molecule has 2 rings (SSSR count). The molecule has 1 heterocycles. The number of aryl methyl sites for hydroxylation is 2. The molecule has 0 amide bonds. The van der Waals surface area contributed by atoms with Gasteiger partial charge in [0.15, 0.2) is 0 Å². The first-order chi connectivity index (χ1) is 10.6. The number of rotatable bonds is 6. The zero-order chi connectivity index (χ0) is 15.9. The molecule has 5 heteroatoms. The van der Waals surface area contributed by atoms with Crippen LogP contribution in [-0.2, 0) is 16.1 Å². The van der Waals surface area contributed by atoms with Gasteiger partial charge in [0.2, 0.25) is 0 Å². The van der Waals surface area contributed by atoms with Gasteiger partial charge in [-0.25, -0.2) is 4.98 Å². The molecule has 1 aromatic carbocycles. The van der Waals surface area contributed by atoms with Crippen LogP contribution in [-0.4, -0.2) is 17.6 Å². The third-order valence-electron chi connectivity index (χ3n) is 3.28. The van der Waals surface area contributed by atoms with Gasteiger partial charge < -0.3 is 9.47 Å². The van der Waals surface area contributed by atoms with Crippen molar-refractivity contribution in [1.82, 2.24) is 4.98 Å². The zero-order valence-corrected chi connectivity index (χ0v) is 13.4. The predicted octanol–water partition coefficient (Wildman–Crippen LogP) is 3.86. The predicted molar refractivity (Wildman–Crippen MR) is 85.1 cm³/mol. The molecule has 0 N–H and O–H groups in total. The Morgan fingerprint density at radius 2 is 2.05 bits per heavy atom. The number of aromatic nitrogens is 1. The van der Waals surface area contributed by atoms with Gasteiger partial charge in [-0.05, 0) is 43.2 Å². The van der Waals surface area contributed by atoms with E-state index in [1.54, 1.807) is 18.3 Å². The standard InChI is InChI=1S/C17H18ClNO3/c1-12-5-6-15(10-13(12)2)21-9-7-16(20)22-11-14-4-3-8-19-17(14)18/h3-6,8,10H,7,9,11H2,1-2H3. The number of pyridine rings is 1. The Morgan fingerprint density at radius 3 is 2.77 bits per heavy atom. The third kappa shape index (κ3) is 4.74. The normalized spacial score (nSPS) is 10.3. The van der Waals surface area contributed by atoms with E-state index in [2.05, 4.69) is 4.98 Å². The summed E-state index contributed by atoms with van der Waals surface area (Å²) < 4.78 is 10.7. The lowest BCUT2D eigenvalue weighted by Crippen LogP contribution is -2.10. The van der Waals surface area contributed by atoms with Crippen LogP contribution in [0.2, 0.25) is 5.15 Å². The van der Waals surface area contributed by atoms with Gasteiger partial charge in [-0.1, -0.05) is 23.7 Å². The summed E-state index contributed by atoms with van der Waals surface area (Å²) in [4.78, 5) is 15.6. The smallest absolute Gasteiger partial charge is 0.309 e. The van der Waals surface area contributed by atoms with Crippen molar-refractivity contribution >= 4 is 17.6 Å². The second-order valence-corrected chi connectivity index (χ2v) is 5.32. The second kappa shape index (κ2) is 7.80. The van der Waals surface area contributed by atoms with E-state index in [9.17, 15) is 4.79 Å². The maximum absolute atomic E-state index is 11.7. The van der Waals surface area contributed by atoms with E-state index in [1.807, 2.05) is 32.0 Å². The zero-order valence-electron chi connectivity index (χ0n) is 12.6. The first kappa shape index (κ1) is 16.3. The highest BCUT2D eigenvalue weighted by molar-refractivity contribution is 6.30. The van der Waals surface area contributed by atoms with Crippen molar-refractivity contribution in [3.8, 4) is 5.75 Å². The Labute approximate surface area is 135 Å². The number of hydrogen-bond acceptors (Lipinski definition) is 4. The van der Waals surface area contributed by atoms with E-state index < -0.39 is 0 Å². The van der Waals surface area contributed by atoms with Gasteiger partial charge in [0, 0.05) is 11.8 Å². The Kier molecular flexibility index (Phi) is 5.78. The molecule has 0 atom stereocenters. The molecule has 0 aliphatic heterocycles. The van der Waals surface area contributed by atoms with E-state index in [0.29, 0.717) is 10.7 Å². The van der Waals surface area contributed by atoms with Gasteiger partial charge in [-0.3, -0.25) is 4.79 Å². The minimum absolute atomic E-state index is 0.120. The molecule has 0 bridgehead atoms. The van der Waals surface area contributed by atoms with Gasteiger partial charge in [-0.2, -0.15) is 0 Å². The molecule has 2 aromatic rings. The summed E-state index contributed by atoms with van der Waals surface area (Å²) in [6, 6.07) is 9.36. The minimum Gasteiger partial charge on any atom is -0.493 e. The van der Waals surface area contributed by atoms with Crippen molar-refractivity contribution in [2.45, 2.75) is 26.9 Å². The van der Waals surface area contributed by atoms with Gasteiger partial charge in [0.25, 0.3) is 0 Å². The Hall–Kier alpha value is -2.07. The molecule has 0 spiro atoms. The number of carbonyl (C=O) groups is 1. The number of halogens is 1. The van der Waals surface area contributed by atoms with Crippen molar-refractivity contribution in [3.05, 3.63) is 58.4 Å². The quantitative estimate of drug-likeness (QED) is 0.599. The Bertz CT molecular complexity index is 658. The summed E-state index contributed by atoms with van der Waals surface area (Å²) >= 11 is 5.89. The fourth-order valence-corrected chi connectivity index (χ4v) is 1.99. The molecule has 0 fully saturated rings. The summed E-state index contributed by atoms with van der Waals surface area (Å²) in [7, 11) is 0. The lowest BCUT2D eigenvalue weighted by molar-refractivity contribution is -0.145. The number of ether oxygens (including phenoxy) is 2. The van der Waals surface area contributed by atoms with Crippen LogP contribution in [0.4, 0.5) is 0 Å². The maximum atomic E-state index is 11.7. The summed E-state index contributed by atoms with van der Waals surface area (Å²) in [5.41, 5.74) is 3.05. The maximum Gasteiger partial charge on any atom is 0.309 e. The van der Waals surface area contributed by atoms with Crippen LogP contribution in [0.5, 0.6) is 5.75 Å². The molecular formula is C17H18ClNO3. The van der Waals surface area contributed by atoms with Crippen LogP contribution < -0.4 is 4.74 Å². The minimum atomic E-state index is -0.330. The second-order valence-electron chi connectivity index (χ2n) is 4.96. The average molecular weight is 320 g/mol. The number of esters is 1. The highest BCUT2D eigenvalue weighted by Crippen LogP contribution is 2.17. The van der Waals surface area contributed by atoms with Crippen LogP contribution in [0.25, 0.3) is 0 Å². The fourth-order valence-electron chi connectivity index (χ4n) is 1.81. The van der Waals surface area contributed by atoms with Gasteiger partial charge >= 0.3 is 5.97 Å². The van der Waals surface area contributed by atoms with E-state index in [1.165, 1.54) is 5.56 Å². The van der Waals surface area contributed by atoms with Crippen molar-refractivity contribution in [2.24, 2.45) is 0 Å². The molecule has 0 radical (unpaired) electrons. The van der Waals surface area contributed by atoms with Crippen molar-refractivity contribution in [2.75, 3.05) is 6.61 Å². The fraction of sp³-hybridized carbons (Fsp3) is 0.294. The van der Waals surface area contributed by atoms with Crippen LogP contribution in [0.15, 0.2) is 36.5 Å². The summed E-state index contributed by atoms with van der Waals surface area (Å²) in [6.45, 7) is 4.46. The SMILES string of the molecule is Cc1ccc(OCCC(=O)OCc2cccnc2Cl)cc1C. The van der Waals surface area contributed by atoms with Gasteiger partial charge in [0.1, 0.15) is 17.5 Å². The molecule has 4 nitrogen and oxygen atoms in total. The number of benzene rings is 1. The van der Waals surface area contributed by atoms with Crippen molar-refractivity contribution in [3.63, 3.8) is 0 Å². The number of hydrogen-bond donors (Lipinski definition) is 0. The van der Waals surface area contributed by atoms with Crippen molar-refractivity contribution < 1.29 is 14.3 Å². The molecule has 116 valence electrons. The molecule has 0 aliphatic carbocycles. The third-order valence-corrected chi connectivity index (χ3v) is 3.62. The monoisotopic (exact) mass is 319 g/mol. The molecule has 22 heavy (non-hydrogen) atoms. The highest BCUT2D eigenvalue weighted by atomic mass is 35.5. The van der Waals surface area contributed by atoms with Crippen LogP contribution in [0.1, 0.15) is 23.1 Å². The van der Waals surface area contributed by atoms with E-state index in [0.717, 1.165) is 11.3 Å². The van der Waals surface area contributed by atoms with E-state index in [-0.39, 0.29) is 25.6 Å². The van der Waals surface area contributed by atoms with Crippen LogP contribution in [0, 0.1) is 13.8 Å². The molecule has 0 saturated carbocycles. The average Bonchev–Trinajstić information content (AvgIpc) is 2.50. The lowest BCUT2D eigenvalue weighted by Gasteiger charge is -2.09. The molecule has 1 aromatic heterocycles. The molecule has 0 unspecified atom stereocenters. The molecule has 0 saturated heterocycles. The largest absolute Gasteiger partial charge is 0.493 e.